The maximum absolute atomic E-state index is 12.3. The lowest BCUT2D eigenvalue weighted by Crippen LogP contribution is -2.87. The smallest absolute Gasteiger partial charge is 0.277 e. The molecule has 128 valence electrons. The second-order valence-corrected chi connectivity index (χ2v) is 5.88. The SMILES string of the molecule is CN(C)C(=O)CN(C)C(=O)C[NH2+][C@H](c1ccccc1)c1ccco1. The van der Waals surface area contributed by atoms with Crippen molar-refractivity contribution in [2.45, 2.75) is 6.04 Å². The van der Waals surface area contributed by atoms with Crippen LogP contribution in [0.25, 0.3) is 0 Å². The van der Waals surface area contributed by atoms with Gasteiger partial charge in [0.05, 0.1) is 12.8 Å². The summed E-state index contributed by atoms with van der Waals surface area (Å²) in [4.78, 5) is 26.9. The zero-order valence-corrected chi connectivity index (χ0v) is 14.3. The van der Waals surface area contributed by atoms with Crippen molar-refractivity contribution in [1.29, 1.82) is 0 Å². The van der Waals surface area contributed by atoms with E-state index in [0.717, 1.165) is 11.3 Å². The van der Waals surface area contributed by atoms with Gasteiger partial charge in [-0.1, -0.05) is 30.3 Å². The van der Waals surface area contributed by atoms with Gasteiger partial charge < -0.3 is 19.5 Å². The highest BCUT2D eigenvalue weighted by molar-refractivity contribution is 5.84. The Labute approximate surface area is 142 Å². The molecule has 0 spiro atoms. The Bertz CT molecular complexity index is 653. The van der Waals surface area contributed by atoms with E-state index in [-0.39, 0.29) is 30.9 Å². The van der Waals surface area contributed by atoms with Gasteiger partial charge in [-0.2, -0.15) is 0 Å². The lowest BCUT2D eigenvalue weighted by atomic mass is 10.0. The number of hydrogen-bond acceptors (Lipinski definition) is 3. The van der Waals surface area contributed by atoms with Crippen LogP contribution < -0.4 is 5.32 Å². The topological polar surface area (TPSA) is 70.4 Å². The summed E-state index contributed by atoms with van der Waals surface area (Å²) in [5.74, 6) is 0.593. The summed E-state index contributed by atoms with van der Waals surface area (Å²) in [6.45, 7) is 0.313. The van der Waals surface area contributed by atoms with E-state index in [0.29, 0.717) is 0 Å². The number of nitrogens with zero attached hydrogens (tertiary/aromatic N) is 2. The van der Waals surface area contributed by atoms with Crippen molar-refractivity contribution in [3.05, 3.63) is 60.1 Å². The average Bonchev–Trinajstić information content (AvgIpc) is 3.10. The van der Waals surface area contributed by atoms with E-state index >= 15 is 0 Å². The minimum Gasteiger partial charge on any atom is -0.463 e. The number of furan rings is 1. The third kappa shape index (κ3) is 4.70. The monoisotopic (exact) mass is 330 g/mol. The molecule has 0 aliphatic heterocycles. The molecule has 2 rings (SSSR count). The summed E-state index contributed by atoms with van der Waals surface area (Å²) >= 11 is 0. The molecule has 1 aromatic heterocycles. The van der Waals surface area contributed by atoms with E-state index in [1.807, 2.05) is 47.8 Å². The second kappa shape index (κ2) is 8.31. The van der Waals surface area contributed by atoms with E-state index in [1.54, 1.807) is 27.4 Å². The first-order valence-corrected chi connectivity index (χ1v) is 7.85. The van der Waals surface area contributed by atoms with Crippen LogP contribution in [-0.2, 0) is 9.59 Å². The number of likely N-dealkylation sites (N-methyl/N-ethyl adjacent to an activating group) is 2. The number of carbonyl (C=O) groups is 2. The van der Waals surface area contributed by atoms with E-state index < -0.39 is 0 Å². The molecule has 6 heteroatoms. The van der Waals surface area contributed by atoms with Crippen LogP contribution in [-0.4, -0.2) is 55.8 Å². The number of quaternary nitrogens is 1. The van der Waals surface area contributed by atoms with Gasteiger partial charge in [-0.3, -0.25) is 9.59 Å². The van der Waals surface area contributed by atoms with Crippen molar-refractivity contribution in [2.75, 3.05) is 34.2 Å². The highest BCUT2D eigenvalue weighted by Gasteiger charge is 2.23. The minimum absolute atomic E-state index is 0.0798. The van der Waals surface area contributed by atoms with Gasteiger partial charge in [0.25, 0.3) is 5.91 Å². The molecule has 0 saturated carbocycles. The molecule has 1 aromatic carbocycles. The van der Waals surface area contributed by atoms with Crippen LogP contribution in [0.5, 0.6) is 0 Å². The summed E-state index contributed by atoms with van der Waals surface area (Å²) in [5.41, 5.74) is 1.06. The van der Waals surface area contributed by atoms with Crippen LogP contribution in [0, 0.1) is 0 Å². The summed E-state index contributed by atoms with van der Waals surface area (Å²) in [6.07, 6.45) is 1.63. The van der Waals surface area contributed by atoms with Crippen LogP contribution in [0.3, 0.4) is 0 Å². The molecule has 0 saturated heterocycles. The fraction of sp³-hybridized carbons (Fsp3) is 0.333. The van der Waals surface area contributed by atoms with Crippen molar-refractivity contribution in [3.63, 3.8) is 0 Å². The molecule has 0 bridgehead atoms. The maximum atomic E-state index is 12.3. The number of carbonyl (C=O) groups excluding carboxylic acids is 2. The molecule has 1 atom stereocenters. The molecule has 2 amide bonds. The number of benzene rings is 1. The van der Waals surface area contributed by atoms with Crippen LogP contribution in [0.2, 0.25) is 0 Å². The minimum atomic E-state index is -0.100. The number of rotatable bonds is 7. The zero-order chi connectivity index (χ0) is 17.5. The lowest BCUT2D eigenvalue weighted by molar-refractivity contribution is -0.679. The van der Waals surface area contributed by atoms with Gasteiger partial charge in [-0.25, -0.2) is 0 Å². The molecule has 0 aliphatic carbocycles. The Morgan fingerprint density at radius 2 is 1.75 bits per heavy atom. The van der Waals surface area contributed by atoms with Crippen molar-refractivity contribution in [2.24, 2.45) is 0 Å². The van der Waals surface area contributed by atoms with Gasteiger partial charge in [0.15, 0.2) is 18.3 Å². The molecule has 1 heterocycles. The van der Waals surface area contributed by atoms with E-state index in [9.17, 15) is 9.59 Å². The van der Waals surface area contributed by atoms with E-state index in [4.69, 9.17) is 4.42 Å². The normalized spacial score (nSPS) is 11.8. The van der Waals surface area contributed by atoms with Crippen molar-refractivity contribution in [1.82, 2.24) is 9.80 Å². The Hall–Kier alpha value is -2.60. The summed E-state index contributed by atoms with van der Waals surface area (Å²) in [7, 11) is 4.99. The Morgan fingerprint density at radius 3 is 2.33 bits per heavy atom. The average molecular weight is 330 g/mol. The molecule has 0 radical (unpaired) electrons. The van der Waals surface area contributed by atoms with Gasteiger partial charge in [0, 0.05) is 26.7 Å². The van der Waals surface area contributed by atoms with Gasteiger partial charge in [-0.15, -0.1) is 0 Å². The van der Waals surface area contributed by atoms with Crippen LogP contribution >= 0.6 is 0 Å². The van der Waals surface area contributed by atoms with Gasteiger partial charge in [0.2, 0.25) is 5.91 Å². The van der Waals surface area contributed by atoms with Crippen molar-refractivity contribution >= 4 is 11.8 Å². The predicted molar refractivity (Wildman–Crippen MR) is 90.1 cm³/mol. The van der Waals surface area contributed by atoms with Crippen molar-refractivity contribution < 1.29 is 19.3 Å². The van der Waals surface area contributed by atoms with E-state index in [1.165, 1.54) is 9.80 Å². The summed E-state index contributed by atoms with van der Waals surface area (Å²) in [6, 6.07) is 13.5. The third-order valence-electron chi connectivity index (χ3n) is 3.83. The summed E-state index contributed by atoms with van der Waals surface area (Å²) in [5, 5.41) is 1.92. The highest BCUT2D eigenvalue weighted by Crippen LogP contribution is 2.18. The number of hydrogen-bond donors (Lipinski definition) is 1. The quantitative estimate of drug-likeness (QED) is 0.803. The molecule has 0 aliphatic rings. The first-order chi connectivity index (χ1) is 11.5. The fourth-order valence-electron chi connectivity index (χ4n) is 2.35. The second-order valence-electron chi connectivity index (χ2n) is 5.88. The predicted octanol–water partition coefficient (Wildman–Crippen LogP) is 0.479. The molecule has 24 heavy (non-hydrogen) atoms. The van der Waals surface area contributed by atoms with Gasteiger partial charge in [-0.05, 0) is 12.1 Å². The molecular weight excluding hydrogens is 306 g/mol. The molecule has 2 aromatic rings. The van der Waals surface area contributed by atoms with Crippen molar-refractivity contribution in [3.8, 4) is 0 Å². The molecule has 0 unspecified atom stereocenters. The number of amides is 2. The first-order valence-electron chi connectivity index (χ1n) is 7.85. The number of nitrogens with two attached hydrogens (primary N) is 1. The fourth-order valence-corrected chi connectivity index (χ4v) is 2.35. The van der Waals surface area contributed by atoms with Crippen LogP contribution in [0.15, 0.2) is 53.1 Å². The third-order valence-corrected chi connectivity index (χ3v) is 3.83. The van der Waals surface area contributed by atoms with Crippen LogP contribution in [0.1, 0.15) is 17.4 Å². The zero-order valence-electron chi connectivity index (χ0n) is 14.3. The molecule has 2 N–H and O–H groups in total. The highest BCUT2D eigenvalue weighted by atomic mass is 16.3. The lowest BCUT2D eigenvalue weighted by Gasteiger charge is -2.20. The maximum Gasteiger partial charge on any atom is 0.277 e. The van der Waals surface area contributed by atoms with Gasteiger partial charge in [0.1, 0.15) is 0 Å². The Kier molecular flexibility index (Phi) is 6.14. The Morgan fingerprint density at radius 1 is 1.04 bits per heavy atom. The Balaban J connectivity index is 2.01. The van der Waals surface area contributed by atoms with Gasteiger partial charge >= 0.3 is 0 Å². The molecule has 6 nitrogen and oxygen atoms in total. The largest absolute Gasteiger partial charge is 0.463 e. The first kappa shape index (κ1) is 17.7. The molecule has 0 fully saturated rings. The van der Waals surface area contributed by atoms with E-state index in [2.05, 4.69) is 0 Å². The standard InChI is InChI=1S/C18H23N3O3/c1-20(2)17(23)13-21(3)16(22)12-19-18(15-10-7-11-24-15)14-8-5-4-6-9-14/h4-11,18-19H,12-13H2,1-3H3/p+1/t18-/m1/s1. The molecular formula is C18H24N3O3+. The van der Waals surface area contributed by atoms with Crippen LogP contribution in [0.4, 0.5) is 0 Å². The summed E-state index contributed by atoms with van der Waals surface area (Å²) < 4.78 is 5.52.